The summed E-state index contributed by atoms with van der Waals surface area (Å²) < 4.78 is 2.16. The number of imidazole rings is 1. The van der Waals surface area contributed by atoms with Crippen LogP contribution in [-0.4, -0.2) is 15.8 Å². The third-order valence-corrected chi connectivity index (χ3v) is 3.55. The van der Waals surface area contributed by atoms with Gasteiger partial charge in [-0.3, -0.25) is 4.79 Å². The monoisotopic (exact) mass is 214 g/mol. The minimum Gasteiger partial charge on any atom is -0.331 e. The van der Waals surface area contributed by atoms with Gasteiger partial charge in [-0.2, -0.15) is 0 Å². The van der Waals surface area contributed by atoms with E-state index < -0.39 is 0 Å². The molecule has 16 heavy (non-hydrogen) atoms. The molecule has 0 amide bonds. The van der Waals surface area contributed by atoms with Crippen LogP contribution < -0.4 is 0 Å². The van der Waals surface area contributed by atoms with Gasteiger partial charge in [0.25, 0.3) is 0 Å². The maximum Gasteiger partial charge on any atom is 0.150 e. The molecule has 1 aromatic carbocycles. The second-order valence-corrected chi connectivity index (χ2v) is 4.52. The highest BCUT2D eigenvalue weighted by atomic mass is 16.1. The summed E-state index contributed by atoms with van der Waals surface area (Å²) in [6.07, 6.45) is 4.68. The van der Waals surface area contributed by atoms with Crippen LogP contribution in [0.4, 0.5) is 0 Å². The van der Waals surface area contributed by atoms with E-state index in [2.05, 4.69) is 16.6 Å². The van der Waals surface area contributed by atoms with Crippen molar-refractivity contribution >= 4 is 17.3 Å². The van der Waals surface area contributed by atoms with Gasteiger partial charge in [-0.1, -0.05) is 6.42 Å². The average Bonchev–Trinajstić information content (AvgIpc) is 2.54. The van der Waals surface area contributed by atoms with Gasteiger partial charge in [0.05, 0.1) is 11.0 Å². The SMILES string of the molecule is Cn1c(C2CCC2)nc2cc(C=O)ccc21. The molecule has 1 fully saturated rings. The van der Waals surface area contributed by atoms with Crippen molar-refractivity contribution < 1.29 is 4.79 Å². The number of aldehydes is 1. The van der Waals surface area contributed by atoms with Gasteiger partial charge in [0.15, 0.2) is 0 Å². The highest BCUT2D eigenvalue weighted by Crippen LogP contribution is 2.36. The van der Waals surface area contributed by atoms with Crippen molar-refractivity contribution in [2.45, 2.75) is 25.2 Å². The molecule has 3 nitrogen and oxygen atoms in total. The van der Waals surface area contributed by atoms with Crippen molar-refractivity contribution in [3.05, 3.63) is 29.6 Å². The molecule has 0 saturated heterocycles. The van der Waals surface area contributed by atoms with E-state index in [0.29, 0.717) is 11.5 Å². The van der Waals surface area contributed by atoms with Crippen LogP contribution in [0.2, 0.25) is 0 Å². The Labute approximate surface area is 94.1 Å². The van der Waals surface area contributed by atoms with Crippen LogP contribution in [0.5, 0.6) is 0 Å². The first kappa shape index (κ1) is 9.58. The number of aromatic nitrogens is 2. The summed E-state index contributed by atoms with van der Waals surface area (Å²) in [6, 6.07) is 5.69. The number of rotatable bonds is 2. The zero-order chi connectivity index (χ0) is 11.1. The summed E-state index contributed by atoms with van der Waals surface area (Å²) in [7, 11) is 2.06. The number of fused-ring (bicyclic) bond motifs is 1. The molecule has 0 aliphatic heterocycles. The zero-order valence-electron chi connectivity index (χ0n) is 9.31. The maximum absolute atomic E-state index is 10.7. The van der Waals surface area contributed by atoms with Crippen molar-refractivity contribution in [2.75, 3.05) is 0 Å². The van der Waals surface area contributed by atoms with E-state index >= 15 is 0 Å². The van der Waals surface area contributed by atoms with Crippen molar-refractivity contribution in [1.29, 1.82) is 0 Å². The molecule has 3 heteroatoms. The van der Waals surface area contributed by atoms with Crippen molar-refractivity contribution in [3.8, 4) is 0 Å². The molecular formula is C13H14N2O. The molecule has 0 atom stereocenters. The van der Waals surface area contributed by atoms with Crippen LogP contribution in [-0.2, 0) is 7.05 Å². The van der Waals surface area contributed by atoms with Crippen molar-refractivity contribution in [1.82, 2.24) is 9.55 Å². The first-order chi connectivity index (χ1) is 7.79. The molecule has 0 radical (unpaired) electrons. The maximum atomic E-state index is 10.7. The molecule has 1 heterocycles. The Morgan fingerprint density at radius 2 is 2.25 bits per heavy atom. The van der Waals surface area contributed by atoms with E-state index in [0.717, 1.165) is 17.3 Å². The van der Waals surface area contributed by atoms with Gasteiger partial charge >= 0.3 is 0 Å². The highest BCUT2D eigenvalue weighted by Gasteiger charge is 2.24. The second kappa shape index (κ2) is 3.44. The summed E-state index contributed by atoms with van der Waals surface area (Å²) in [5.74, 6) is 1.79. The highest BCUT2D eigenvalue weighted by molar-refractivity contribution is 5.85. The Morgan fingerprint density at radius 3 is 2.88 bits per heavy atom. The normalized spacial score (nSPS) is 16.3. The Morgan fingerprint density at radius 1 is 1.44 bits per heavy atom. The van der Waals surface area contributed by atoms with E-state index in [1.54, 1.807) is 0 Å². The van der Waals surface area contributed by atoms with Crippen LogP contribution >= 0.6 is 0 Å². The first-order valence-electron chi connectivity index (χ1n) is 5.71. The van der Waals surface area contributed by atoms with E-state index in [4.69, 9.17) is 0 Å². The minimum atomic E-state index is 0.622. The molecule has 3 rings (SSSR count). The van der Waals surface area contributed by atoms with Crippen LogP contribution in [0.3, 0.4) is 0 Å². The molecule has 1 aliphatic carbocycles. The van der Waals surface area contributed by atoms with Crippen molar-refractivity contribution in [3.63, 3.8) is 0 Å². The Bertz CT molecular complexity index is 552. The number of benzene rings is 1. The molecule has 0 N–H and O–H groups in total. The molecule has 82 valence electrons. The Balaban J connectivity index is 2.17. The number of hydrogen-bond acceptors (Lipinski definition) is 2. The van der Waals surface area contributed by atoms with Gasteiger partial charge in [-0.15, -0.1) is 0 Å². The first-order valence-corrected chi connectivity index (χ1v) is 5.71. The predicted molar refractivity (Wildman–Crippen MR) is 62.7 cm³/mol. The zero-order valence-corrected chi connectivity index (χ0v) is 9.31. The molecule has 0 spiro atoms. The van der Waals surface area contributed by atoms with Crippen molar-refractivity contribution in [2.24, 2.45) is 7.05 Å². The van der Waals surface area contributed by atoms with E-state index in [9.17, 15) is 4.79 Å². The lowest BCUT2D eigenvalue weighted by atomic mass is 9.85. The molecule has 0 unspecified atom stereocenters. The molecular weight excluding hydrogens is 200 g/mol. The molecule has 1 aliphatic rings. The lowest BCUT2D eigenvalue weighted by molar-refractivity contribution is 0.112. The number of carbonyl (C=O) groups is 1. The van der Waals surface area contributed by atoms with Crippen LogP contribution in [0.1, 0.15) is 41.4 Å². The molecule has 2 aromatic rings. The summed E-state index contributed by atoms with van der Waals surface area (Å²) >= 11 is 0. The quantitative estimate of drug-likeness (QED) is 0.720. The Kier molecular flexibility index (Phi) is 2.06. The fourth-order valence-electron chi connectivity index (χ4n) is 2.34. The topological polar surface area (TPSA) is 34.9 Å². The van der Waals surface area contributed by atoms with Gasteiger partial charge in [0.2, 0.25) is 0 Å². The fraction of sp³-hybridized carbons (Fsp3) is 0.385. The summed E-state index contributed by atoms with van der Waals surface area (Å²) in [6.45, 7) is 0. The number of nitrogens with zero attached hydrogens (tertiary/aromatic N) is 2. The third kappa shape index (κ3) is 1.28. The standard InChI is InChI=1S/C13H14N2O/c1-15-12-6-5-9(8-16)7-11(12)14-13(15)10-3-2-4-10/h5-8,10H,2-4H2,1H3. The van der Waals surface area contributed by atoms with Crippen LogP contribution in [0.25, 0.3) is 11.0 Å². The lowest BCUT2D eigenvalue weighted by Gasteiger charge is -2.24. The largest absolute Gasteiger partial charge is 0.331 e. The molecule has 0 bridgehead atoms. The van der Waals surface area contributed by atoms with Gasteiger partial charge in [-0.25, -0.2) is 4.98 Å². The number of carbonyl (C=O) groups excluding carboxylic acids is 1. The summed E-state index contributed by atoms with van der Waals surface area (Å²) in [5, 5.41) is 0. The van der Waals surface area contributed by atoms with E-state index in [1.165, 1.54) is 25.1 Å². The molecule has 1 aromatic heterocycles. The minimum absolute atomic E-state index is 0.622. The van der Waals surface area contributed by atoms with Crippen LogP contribution in [0.15, 0.2) is 18.2 Å². The fourth-order valence-corrected chi connectivity index (χ4v) is 2.34. The number of aryl methyl sites for hydroxylation is 1. The van der Waals surface area contributed by atoms with E-state index in [1.807, 2.05) is 18.2 Å². The third-order valence-electron chi connectivity index (χ3n) is 3.55. The van der Waals surface area contributed by atoms with Gasteiger partial charge in [0.1, 0.15) is 12.1 Å². The lowest BCUT2D eigenvalue weighted by Crippen LogP contribution is -2.13. The van der Waals surface area contributed by atoms with Gasteiger partial charge < -0.3 is 4.57 Å². The van der Waals surface area contributed by atoms with Crippen LogP contribution in [0, 0.1) is 0 Å². The summed E-state index contributed by atoms with van der Waals surface area (Å²) in [5.41, 5.74) is 2.76. The molecule has 1 saturated carbocycles. The summed E-state index contributed by atoms with van der Waals surface area (Å²) in [4.78, 5) is 15.4. The van der Waals surface area contributed by atoms with E-state index in [-0.39, 0.29) is 0 Å². The average molecular weight is 214 g/mol. The number of hydrogen-bond donors (Lipinski definition) is 0. The predicted octanol–water partition coefficient (Wildman–Crippen LogP) is 2.65. The van der Waals surface area contributed by atoms with Gasteiger partial charge in [0, 0.05) is 18.5 Å². The second-order valence-electron chi connectivity index (χ2n) is 4.52. The van der Waals surface area contributed by atoms with Gasteiger partial charge in [-0.05, 0) is 31.0 Å². The smallest absolute Gasteiger partial charge is 0.150 e. The Hall–Kier alpha value is -1.64.